The maximum absolute atomic E-state index is 12.7. The highest BCUT2D eigenvalue weighted by atomic mass is 32.2. The summed E-state index contributed by atoms with van der Waals surface area (Å²) in [5, 5.41) is 7.38. The van der Waals surface area contributed by atoms with E-state index in [-0.39, 0.29) is 11.2 Å². The van der Waals surface area contributed by atoms with Crippen LogP contribution in [-0.2, 0) is 4.79 Å². The lowest BCUT2D eigenvalue weighted by molar-refractivity contribution is -0.115. The zero-order valence-corrected chi connectivity index (χ0v) is 16.8. The van der Waals surface area contributed by atoms with Crippen LogP contribution in [0.4, 0.5) is 11.5 Å². The van der Waals surface area contributed by atoms with Crippen molar-refractivity contribution in [2.45, 2.75) is 37.1 Å². The smallest absolute Gasteiger partial charge is 0.237 e. The van der Waals surface area contributed by atoms with Crippen molar-refractivity contribution in [1.82, 2.24) is 9.97 Å². The molecule has 140 valence electrons. The number of benzene rings is 2. The molecule has 5 nitrogen and oxygen atoms in total. The van der Waals surface area contributed by atoms with E-state index in [1.165, 1.54) is 11.8 Å². The minimum absolute atomic E-state index is 0.0594. The van der Waals surface area contributed by atoms with Crippen molar-refractivity contribution in [2.75, 3.05) is 17.7 Å². The molecule has 1 amide bonds. The Morgan fingerprint density at radius 1 is 1.00 bits per heavy atom. The molecule has 0 aliphatic carbocycles. The molecule has 6 heteroatoms. The van der Waals surface area contributed by atoms with Gasteiger partial charge in [0.1, 0.15) is 5.82 Å². The second-order valence-electron chi connectivity index (χ2n) is 6.61. The maximum Gasteiger partial charge on any atom is 0.237 e. The molecule has 3 rings (SSSR count). The summed E-state index contributed by atoms with van der Waals surface area (Å²) in [6.45, 7) is 6.10. The number of fused-ring (bicyclic) bond motifs is 1. The second kappa shape index (κ2) is 8.39. The summed E-state index contributed by atoms with van der Waals surface area (Å²) in [6.07, 6.45) is 0. The third-order valence-electron chi connectivity index (χ3n) is 4.31. The van der Waals surface area contributed by atoms with Gasteiger partial charge in [0.25, 0.3) is 0 Å². The average molecular weight is 381 g/mol. The Kier molecular flexibility index (Phi) is 5.96. The van der Waals surface area contributed by atoms with E-state index in [0.29, 0.717) is 11.1 Å². The number of carbonyl (C=O) groups is 1. The highest BCUT2D eigenvalue weighted by Crippen LogP contribution is 2.28. The highest BCUT2D eigenvalue weighted by Gasteiger charge is 2.19. The van der Waals surface area contributed by atoms with Crippen LogP contribution in [0.3, 0.4) is 0 Å². The van der Waals surface area contributed by atoms with E-state index in [2.05, 4.69) is 34.4 Å². The first-order valence-corrected chi connectivity index (χ1v) is 9.88. The number of nitrogens with one attached hydrogen (secondary N) is 2. The van der Waals surface area contributed by atoms with Crippen LogP contribution in [0.15, 0.2) is 53.7 Å². The van der Waals surface area contributed by atoms with Crippen molar-refractivity contribution in [3.63, 3.8) is 0 Å². The van der Waals surface area contributed by atoms with E-state index >= 15 is 0 Å². The zero-order chi connectivity index (χ0) is 19.4. The lowest BCUT2D eigenvalue weighted by Gasteiger charge is -2.16. The molecule has 2 N–H and O–H groups in total. The van der Waals surface area contributed by atoms with Gasteiger partial charge in [-0.05, 0) is 36.6 Å². The molecule has 0 radical (unpaired) electrons. The van der Waals surface area contributed by atoms with Gasteiger partial charge in [0.2, 0.25) is 5.91 Å². The maximum atomic E-state index is 12.7. The molecule has 3 aromatic rings. The molecule has 0 saturated heterocycles. The van der Waals surface area contributed by atoms with Crippen molar-refractivity contribution in [2.24, 2.45) is 0 Å². The van der Waals surface area contributed by atoms with Gasteiger partial charge in [-0.3, -0.25) is 4.79 Å². The van der Waals surface area contributed by atoms with Crippen molar-refractivity contribution in [3.05, 3.63) is 54.1 Å². The molecule has 1 atom stereocenters. The first kappa shape index (κ1) is 19.2. The van der Waals surface area contributed by atoms with Crippen LogP contribution >= 0.6 is 11.8 Å². The molecule has 0 fully saturated rings. The molecule has 2 aromatic carbocycles. The summed E-state index contributed by atoms with van der Waals surface area (Å²) < 4.78 is 0. The molecule has 0 bridgehead atoms. The van der Waals surface area contributed by atoms with E-state index in [0.717, 1.165) is 28.0 Å². The molecule has 0 saturated carbocycles. The molecule has 1 aromatic heterocycles. The van der Waals surface area contributed by atoms with Crippen LogP contribution in [0.1, 0.15) is 32.3 Å². The summed E-state index contributed by atoms with van der Waals surface area (Å²) in [5.41, 5.74) is 2.85. The molecule has 0 aliphatic rings. The van der Waals surface area contributed by atoms with E-state index in [4.69, 9.17) is 0 Å². The Labute approximate surface area is 164 Å². The fourth-order valence-corrected chi connectivity index (χ4v) is 3.64. The normalized spacial score (nSPS) is 12.2. The predicted octanol–water partition coefficient (Wildman–Crippen LogP) is 4.91. The van der Waals surface area contributed by atoms with Gasteiger partial charge in [0, 0.05) is 18.1 Å². The molecule has 1 heterocycles. The van der Waals surface area contributed by atoms with E-state index in [9.17, 15) is 4.79 Å². The number of aromatic nitrogens is 2. The molecule has 0 spiro atoms. The number of anilines is 2. The van der Waals surface area contributed by atoms with Crippen LogP contribution in [0.25, 0.3) is 10.9 Å². The van der Waals surface area contributed by atoms with Crippen LogP contribution in [0.2, 0.25) is 0 Å². The lowest BCUT2D eigenvalue weighted by Crippen LogP contribution is -2.23. The molecular weight excluding hydrogens is 356 g/mol. The van der Waals surface area contributed by atoms with Crippen LogP contribution in [0, 0.1) is 0 Å². The van der Waals surface area contributed by atoms with Gasteiger partial charge < -0.3 is 10.6 Å². The molecule has 0 unspecified atom stereocenters. The minimum Gasteiger partial charge on any atom is -0.372 e. The number of para-hydroxylation sites is 2. The van der Waals surface area contributed by atoms with Crippen molar-refractivity contribution in [1.29, 1.82) is 0 Å². The fraction of sp³-hybridized carbons (Fsp3) is 0.286. The number of carbonyl (C=O) groups excluding carboxylic acids is 1. The van der Waals surface area contributed by atoms with Crippen LogP contribution in [0.5, 0.6) is 0 Å². The first-order valence-electron chi connectivity index (χ1n) is 9.00. The number of hydrogen-bond donors (Lipinski definition) is 2. The SMILES string of the molecule is CNc1nc(S[C@@H](C)C(=O)Nc2ccccc2C(C)C)nc2ccccc12. The molecular formula is C21H24N4OS. The summed E-state index contributed by atoms with van der Waals surface area (Å²) >= 11 is 1.36. The summed E-state index contributed by atoms with van der Waals surface area (Å²) in [4.78, 5) is 21.9. The number of amides is 1. The van der Waals surface area contributed by atoms with Gasteiger partial charge in [0.05, 0.1) is 10.8 Å². The zero-order valence-electron chi connectivity index (χ0n) is 16.0. The standard InChI is InChI=1S/C21H24N4OS/c1-13(2)15-9-5-7-11-17(15)23-20(26)14(3)27-21-24-18-12-8-6-10-16(18)19(22-4)25-21/h5-14H,1-4H3,(H,23,26)(H,22,24,25)/t14-/m0/s1. The van der Waals surface area contributed by atoms with E-state index in [1.54, 1.807) is 0 Å². The Morgan fingerprint density at radius 2 is 1.70 bits per heavy atom. The molecule has 0 aliphatic heterocycles. The third kappa shape index (κ3) is 4.39. The lowest BCUT2D eigenvalue weighted by atomic mass is 10.0. The topological polar surface area (TPSA) is 66.9 Å². The Balaban J connectivity index is 1.78. The average Bonchev–Trinajstić information content (AvgIpc) is 2.67. The monoisotopic (exact) mass is 380 g/mol. The summed E-state index contributed by atoms with van der Waals surface area (Å²) in [7, 11) is 1.84. The van der Waals surface area contributed by atoms with Crippen molar-refractivity contribution >= 4 is 40.1 Å². The summed E-state index contributed by atoms with van der Waals surface area (Å²) in [5.74, 6) is 1.04. The number of thioether (sulfide) groups is 1. The van der Waals surface area contributed by atoms with Crippen molar-refractivity contribution in [3.8, 4) is 0 Å². The van der Waals surface area contributed by atoms with Gasteiger partial charge in [0.15, 0.2) is 5.16 Å². The molecule has 27 heavy (non-hydrogen) atoms. The minimum atomic E-state index is -0.323. The largest absolute Gasteiger partial charge is 0.372 e. The number of rotatable bonds is 6. The Bertz CT molecular complexity index is 958. The van der Waals surface area contributed by atoms with Crippen molar-refractivity contribution < 1.29 is 4.79 Å². The van der Waals surface area contributed by atoms with E-state index in [1.807, 2.05) is 62.5 Å². The number of hydrogen-bond acceptors (Lipinski definition) is 5. The third-order valence-corrected chi connectivity index (χ3v) is 5.27. The second-order valence-corrected chi connectivity index (χ2v) is 7.92. The fourth-order valence-electron chi connectivity index (χ4n) is 2.86. The van der Waals surface area contributed by atoms with Gasteiger partial charge >= 0.3 is 0 Å². The first-order chi connectivity index (χ1) is 13.0. The summed E-state index contributed by atoms with van der Waals surface area (Å²) in [6, 6.07) is 15.8. The number of nitrogens with zero attached hydrogens (tertiary/aromatic N) is 2. The van der Waals surface area contributed by atoms with Crippen LogP contribution in [-0.4, -0.2) is 28.2 Å². The predicted molar refractivity (Wildman–Crippen MR) is 114 cm³/mol. The van der Waals surface area contributed by atoms with Crippen LogP contribution < -0.4 is 10.6 Å². The van der Waals surface area contributed by atoms with Gasteiger partial charge in [-0.2, -0.15) is 0 Å². The Hall–Kier alpha value is -2.60. The Morgan fingerprint density at radius 3 is 2.44 bits per heavy atom. The van der Waals surface area contributed by atoms with Gasteiger partial charge in [-0.25, -0.2) is 9.97 Å². The van der Waals surface area contributed by atoms with E-state index < -0.39 is 0 Å². The highest BCUT2D eigenvalue weighted by molar-refractivity contribution is 8.00. The van der Waals surface area contributed by atoms with Gasteiger partial charge in [-0.15, -0.1) is 0 Å². The van der Waals surface area contributed by atoms with Gasteiger partial charge in [-0.1, -0.05) is 55.9 Å². The quantitative estimate of drug-likeness (QED) is 0.470.